The number of carbonyl (C=O) groups excluding carboxylic acids is 2. The first-order chi connectivity index (χ1) is 8.01. The van der Waals surface area contributed by atoms with Crippen LogP contribution in [0.25, 0.3) is 0 Å². The number of rotatable bonds is 3. The van der Waals surface area contributed by atoms with Crippen LogP contribution in [0.2, 0.25) is 0 Å². The molecular weight excluding hydrogens is 226 g/mol. The standard InChI is InChI=1S/C10H17N3O4/c1-6-4-13(10(15)12-16)7(5-17-2)3-8(6)9(11)14/h3,6-7,16H,4-5H2,1-2H3,(H2,11,14)(H,12,15)/t6-,7-/m0/s1. The lowest BCUT2D eigenvalue weighted by molar-refractivity contribution is -0.115. The number of carbonyl (C=O) groups is 2. The summed E-state index contributed by atoms with van der Waals surface area (Å²) in [6, 6.07) is -1.04. The number of nitrogens with one attached hydrogen (secondary N) is 1. The van der Waals surface area contributed by atoms with E-state index in [0.717, 1.165) is 0 Å². The molecule has 0 aromatic carbocycles. The first-order valence-corrected chi connectivity index (χ1v) is 5.22. The third-order valence-electron chi connectivity index (χ3n) is 2.75. The molecule has 7 heteroatoms. The van der Waals surface area contributed by atoms with Crippen molar-refractivity contribution in [1.82, 2.24) is 10.4 Å². The predicted octanol–water partition coefficient (Wildman–Crippen LogP) is -0.536. The highest BCUT2D eigenvalue weighted by Gasteiger charge is 2.31. The number of amides is 3. The molecule has 7 nitrogen and oxygen atoms in total. The maximum absolute atomic E-state index is 11.4. The van der Waals surface area contributed by atoms with Gasteiger partial charge in [0, 0.05) is 25.1 Å². The van der Waals surface area contributed by atoms with Crippen molar-refractivity contribution in [2.75, 3.05) is 20.3 Å². The molecule has 1 heterocycles. The van der Waals surface area contributed by atoms with Crippen molar-refractivity contribution in [2.45, 2.75) is 13.0 Å². The Balaban J connectivity index is 2.96. The first-order valence-electron chi connectivity index (χ1n) is 5.22. The van der Waals surface area contributed by atoms with Gasteiger partial charge in [0.05, 0.1) is 12.6 Å². The Labute approximate surface area is 99.2 Å². The van der Waals surface area contributed by atoms with Gasteiger partial charge in [0.15, 0.2) is 0 Å². The Hall–Kier alpha value is -1.60. The normalized spacial score (nSPS) is 24.2. The second kappa shape index (κ2) is 5.65. The zero-order valence-electron chi connectivity index (χ0n) is 9.84. The van der Waals surface area contributed by atoms with E-state index in [4.69, 9.17) is 15.7 Å². The summed E-state index contributed by atoms with van der Waals surface area (Å²) in [5.41, 5.74) is 7.31. The van der Waals surface area contributed by atoms with E-state index >= 15 is 0 Å². The first kappa shape index (κ1) is 13.5. The van der Waals surface area contributed by atoms with Crippen LogP contribution in [0, 0.1) is 5.92 Å². The van der Waals surface area contributed by atoms with E-state index < -0.39 is 18.0 Å². The molecule has 17 heavy (non-hydrogen) atoms. The van der Waals surface area contributed by atoms with Crippen molar-refractivity contribution in [3.8, 4) is 0 Å². The van der Waals surface area contributed by atoms with Gasteiger partial charge in [-0.25, -0.2) is 10.3 Å². The number of primary amides is 1. The number of hydrogen-bond acceptors (Lipinski definition) is 4. The molecule has 4 N–H and O–H groups in total. The van der Waals surface area contributed by atoms with Gasteiger partial charge in [0.2, 0.25) is 5.91 Å². The van der Waals surface area contributed by atoms with Crippen LogP contribution in [0.3, 0.4) is 0 Å². The number of ether oxygens (including phenoxy) is 1. The number of methoxy groups -OCH3 is 1. The van der Waals surface area contributed by atoms with Gasteiger partial charge >= 0.3 is 6.03 Å². The maximum atomic E-state index is 11.4. The molecule has 3 amide bonds. The van der Waals surface area contributed by atoms with Crippen molar-refractivity contribution in [1.29, 1.82) is 0 Å². The number of hydroxylamine groups is 1. The number of nitrogens with two attached hydrogens (primary N) is 1. The Morgan fingerprint density at radius 3 is 2.82 bits per heavy atom. The molecule has 0 bridgehead atoms. The SMILES string of the molecule is COC[C@@H]1C=C(C(N)=O)[C@@H](C)CN1C(=O)NO. The quantitative estimate of drug-likeness (QED) is 0.457. The van der Waals surface area contributed by atoms with Gasteiger partial charge in [-0.05, 0) is 0 Å². The summed E-state index contributed by atoms with van der Waals surface area (Å²) in [6.07, 6.45) is 1.61. The fraction of sp³-hybridized carbons (Fsp3) is 0.600. The summed E-state index contributed by atoms with van der Waals surface area (Å²) >= 11 is 0. The lowest BCUT2D eigenvalue weighted by Crippen LogP contribution is -2.51. The number of hydrogen-bond donors (Lipinski definition) is 3. The molecule has 96 valence electrons. The van der Waals surface area contributed by atoms with Crippen LogP contribution in [-0.2, 0) is 9.53 Å². The molecule has 1 aliphatic heterocycles. The predicted molar refractivity (Wildman–Crippen MR) is 59.1 cm³/mol. The van der Waals surface area contributed by atoms with Gasteiger partial charge in [-0.15, -0.1) is 0 Å². The maximum Gasteiger partial charge on any atom is 0.341 e. The second-order valence-electron chi connectivity index (χ2n) is 3.98. The van der Waals surface area contributed by atoms with Crippen LogP contribution >= 0.6 is 0 Å². The number of nitrogens with zero attached hydrogens (tertiary/aromatic N) is 1. The van der Waals surface area contributed by atoms with Crippen molar-refractivity contribution >= 4 is 11.9 Å². The minimum atomic E-state index is -0.626. The van der Waals surface area contributed by atoms with Gasteiger partial charge in [0.1, 0.15) is 0 Å². The molecule has 1 rings (SSSR count). The molecule has 0 radical (unpaired) electrons. The third kappa shape index (κ3) is 2.95. The van der Waals surface area contributed by atoms with Crippen molar-refractivity contribution < 1.29 is 19.5 Å². The average Bonchev–Trinajstić information content (AvgIpc) is 2.29. The van der Waals surface area contributed by atoms with Crippen molar-refractivity contribution in [2.24, 2.45) is 11.7 Å². The van der Waals surface area contributed by atoms with Crippen LogP contribution in [0.15, 0.2) is 11.6 Å². The molecular formula is C10H17N3O4. The Kier molecular flexibility index (Phi) is 4.47. The van der Waals surface area contributed by atoms with E-state index in [-0.39, 0.29) is 12.5 Å². The summed E-state index contributed by atoms with van der Waals surface area (Å²) in [5, 5.41) is 8.64. The van der Waals surface area contributed by atoms with E-state index in [1.165, 1.54) is 12.0 Å². The van der Waals surface area contributed by atoms with E-state index in [1.807, 2.05) is 0 Å². The van der Waals surface area contributed by atoms with Crippen LogP contribution in [-0.4, -0.2) is 48.3 Å². The molecule has 0 saturated heterocycles. The minimum Gasteiger partial charge on any atom is -0.382 e. The van der Waals surface area contributed by atoms with Gasteiger partial charge in [-0.2, -0.15) is 0 Å². The summed E-state index contributed by atoms with van der Waals surface area (Å²) in [4.78, 5) is 24.0. The second-order valence-corrected chi connectivity index (χ2v) is 3.98. The fourth-order valence-corrected chi connectivity index (χ4v) is 1.92. The molecule has 1 aliphatic rings. The Bertz CT molecular complexity index is 342. The van der Waals surface area contributed by atoms with E-state index in [1.54, 1.807) is 18.5 Å². The molecule has 0 spiro atoms. The van der Waals surface area contributed by atoms with Crippen LogP contribution in [0.1, 0.15) is 6.92 Å². The fourth-order valence-electron chi connectivity index (χ4n) is 1.92. The molecule has 0 aliphatic carbocycles. The van der Waals surface area contributed by atoms with E-state index in [2.05, 4.69) is 0 Å². The van der Waals surface area contributed by atoms with Crippen molar-refractivity contribution in [3.05, 3.63) is 11.6 Å². The molecule has 0 aromatic heterocycles. The zero-order valence-corrected chi connectivity index (χ0v) is 9.84. The summed E-state index contributed by atoms with van der Waals surface area (Å²) in [6.45, 7) is 2.32. The molecule has 2 atom stereocenters. The van der Waals surface area contributed by atoms with E-state index in [9.17, 15) is 9.59 Å². The van der Waals surface area contributed by atoms with Crippen LogP contribution in [0.5, 0.6) is 0 Å². The Morgan fingerprint density at radius 1 is 1.71 bits per heavy atom. The van der Waals surface area contributed by atoms with Crippen LogP contribution < -0.4 is 11.2 Å². The lowest BCUT2D eigenvalue weighted by Gasteiger charge is -2.35. The summed E-state index contributed by atoms with van der Waals surface area (Å²) < 4.78 is 4.97. The highest BCUT2D eigenvalue weighted by Crippen LogP contribution is 2.22. The smallest absolute Gasteiger partial charge is 0.341 e. The van der Waals surface area contributed by atoms with Crippen LogP contribution in [0.4, 0.5) is 4.79 Å². The lowest BCUT2D eigenvalue weighted by atomic mass is 9.93. The number of urea groups is 1. The molecule has 0 fully saturated rings. The summed E-state index contributed by atoms with van der Waals surface area (Å²) in [7, 11) is 1.49. The average molecular weight is 243 g/mol. The highest BCUT2D eigenvalue weighted by molar-refractivity contribution is 5.93. The van der Waals surface area contributed by atoms with Gasteiger partial charge in [0.25, 0.3) is 0 Å². The minimum absolute atomic E-state index is 0.169. The highest BCUT2D eigenvalue weighted by atomic mass is 16.5. The molecule has 0 saturated carbocycles. The topological polar surface area (TPSA) is 105 Å². The largest absolute Gasteiger partial charge is 0.382 e. The Morgan fingerprint density at radius 2 is 2.35 bits per heavy atom. The van der Waals surface area contributed by atoms with Gasteiger partial charge in [-0.3, -0.25) is 10.0 Å². The third-order valence-corrected chi connectivity index (χ3v) is 2.75. The van der Waals surface area contributed by atoms with Gasteiger partial charge < -0.3 is 15.4 Å². The molecule has 0 unspecified atom stereocenters. The molecule has 0 aromatic rings. The summed E-state index contributed by atoms with van der Waals surface area (Å²) in [5.74, 6) is -0.666. The van der Waals surface area contributed by atoms with Crippen molar-refractivity contribution in [3.63, 3.8) is 0 Å². The van der Waals surface area contributed by atoms with Gasteiger partial charge in [-0.1, -0.05) is 13.0 Å². The zero-order chi connectivity index (χ0) is 13.0. The van der Waals surface area contributed by atoms with E-state index in [0.29, 0.717) is 12.1 Å². The monoisotopic (exact) mass is 243 g/mol.